The zero-order valence-corrected chi connectivity index (χ0v) is 11.4. The normalized spacial score (nSPS) is 43.6. The Morgan fingerprint density at radius 2 is 1.35 bits per heavy atom. The van der Waals surface area contributed by atoms with Gasteiger partial charge in [-0.15, -0.1) is 0 Å². The maximum Gasteiger partial charge on any atom is 0.185 e. The number of hydrogen-bond donors (Lipinski definition) is 0. The molecule has 0 aromatic heterocycles. The minimum atomic E-state index is -1.38. The molecule has 2 bridgehead atoms. The molecule has 0 unspecified atom stereocenters. The van der Waals surface area contributed by atoms with E-state index < -0.39 is 22.0 Å². The van der Waals surface area contributed by atoms with Crippen molar-refractivity contribution < 1.29 is 4.74 Å². The van der Waals surface area contributed by atoms with Gasteiger partial charge in [0.05, 0.1) is 22.2 Å². The minimum Gasteiger partial charge on any atom is -0.327 e. The molecule has 1 fully saturated rings. The summed E-state index contributed by atoms with van der Waals surface area (Å²) in [4.78, 5) is 0. The predicted octanol–water partition coefficient (Wildman–Crippen LogP) is 3.65. The first kappa shape index (κ1) is 13.3. The number of ether oxygens (including phenoxy) is 1. The number of nitrogens with zero attached hydrogens (tertiary/aromatic N) is 2. The Bertz CT molecular complexity index is 438. The van der Waals surface area contributed by atoms with Gasteiger partial charge >= 0.3 is 0 Å². The third-order valence-electron chi connectivity index (χ3n) is 3.15. The highest BCUT2D eigenvalue weighted by Gasteiger charge is 2.69. The van der Waals surface area contributed by atoms with Gasteiger partial charge in [0.25, 0.3) is 0 Å². The van der Waals surface area contributed by atoms with Crippen molar-refractivity contribution in [2.75, 3.05) is 0 Å². The Kier molecular flexibility index (Phi) is 3.28. The highest BCUT2D eigenvalue weighted by Crippen LogP contribution is 2.67. The summed E-state index contributed by atoms with van der Waals surface area (Å²) < 4.78 is 5.49. The average Bonchev–Trinajstić information content (AvgIpc) is 2.60. The van der Waals surface area contributed by atoms with Crippen molar-refractivity contribution in [3.63, 3.8) is 0 Å². The van der Waals surface area contributed by atoms with Crippen LogP contribution in [-0.4, -0.2) is 10.1 Å². The van der Waals surface area contributed by atoms with Crippen molar-refractivity contribution in [2.24, 2.45) is 11.8 Å². The van der Waals surface area contributed by atoms with Gasteiger partial charge in [-0.05, 0) is 0 Å². The van der Waals surface area contributed by atoms with Crippen LogP contribution in [0.4, 0.5) is 0 Å². The first-order valence-electron chi connectivity index (χ1n) is 4.80. The molecule has 0 aliphatic carbocycles. The van der Waals surface area contributed by atoms with Crippen LogP contribution in [0.15, 0.2) is 10.1 Å². The SMILES string of the molecule is N#CC[C@H]1[C@H](CC#N)[C@@]2(Cl)O[C@@]1(Cl)C(Cl)=C2Cl. The van der Waals surface area contributed by atoms with E-state index in [2.05, 4.69) is 0 Å². The summed E-state index contributed by atoms with van der Waals surface area (Å²) in [6.45, 7) is 0. The lowest BCUT2D eigenvalue weighted by Crippen LogP contribution is -2.36. The van der Waals surface area contributed by atoms with E-state index in [-0.39, 0.29) is 22.9 Å². The quantitative estimate of drug-likeness (QED) is 0.731. The van der Waals surface area contributed by atoms with E-state index in [4.69, 9.17) is 61.7 Å². The Balaban J connectivity index is 2.50. The van der Waals surface area contributed by atoms with Crippen molar-refractivity contribution in [1.82, 2.24) is 0 Å². The number of halogens is 4. The molecule has 0 aromatic rings. The van der Waals surface area contributed by atoms with E-state index in [1.54, 1.807) is 0 Å². The highest BCUT2D eigenvalue weighted by atomic mass is 35.5. The van der Waals surface area contributed by atoms with Gasteiger partial charge in [0, 0.05) is 24.7 Å². The van der Waals surface area contributed by atoms with Gasteiger partial charge in [0.2, 0.25) is 0 Å². The Hall–Kier alpha value is -0.160. The molecule has 0 spiro atoms. The van der Waals surface area contributed by atoms with Gasteiger partial charge in [-0.2, -0.15) is 10.5 Å². The molecule has 0 N–H and O–H groups in total. The molecule has 2 rings (SSSR count). The summed E-state index contributed by atoms with van der Waals surface area (Å²) in [6.07, 6.45) is 0.204. The molecular formula is C10H6Cl4N2O. The van der Waals surface area contributed by atoms with Crippen molar-refractivity contribution in [1.29, 1.82) is 10.5 Å². The fourth-order valence-corrected chi connectivity index (χ4v) is 4.01. The Morgan fingerprint density at radius 1 is 1.00 bits per heavy atom. The second-order valence-corrected chi connectivity index (χ2v) is 5.84. The number of hydrogen-bond acceptors (Lipinski definition) is 3. The summed E-state index contributed by atoms with van der Waals surface area (Å²) >= 11 is 24.5. The average molecular weight is 312 g/mol. The fraction of sp³-hybridized carbons (Fsp3) is 0.600. The van der Waals surface area contributed by atoms with Crippen LogP contribution >= 0.6 is 46.4 Å². The molecule has 0 saturated carbocycles. The predicted molar refractivity (Wildman–Crippen MR) is 64.4 cm³/mol. The molecule has 17 heavy (non-hydrogen) atoms. The van der Waals surface area contributed by atoms with Crippen LogP contribution in [0.1, 0.15) is 12.8 Å². The molecule has 0 amide bonds. The second-order valence-electron chi connectivity index (χ2n) is 3.96. The number of fused-ring (bicyclic) bond motifs is 2. The molecule has 3 nitrogen and oxygen atoms in total. The second kappa shape index (κ2) is 4.19. The number of rotatable bonds is 2. The molecule has 2 aliphatic rings. The van der Waals surface area contributed by atoms with Crippen LogP contribution in [-0.2, 0) is 4.74 Å². The molecular weight excluding hydrogens is 306 g/mol. The first-order valence-corrected chi connectivity index (χ1v) is 6.31. The molecule has 7 heteroatoms. The van der Waals surface area contributed by atoms with Crippen molar-refractivity contribution >= 4 is 46.4 Å². The van der Waals surface area contributed by atoms with E-state index in [0.29, 0.717) is 0 Å². The van der Waals surface area contributed by atoms with E-state index in [1.165, 1.54) is 0 Å². The van der Waals surface area contributed by atoms with Gasteiger partial charge in [0.15, 0.2) is 10.1 Å². The molecule has 0 aromatic carbocycles. The zero-order chi connectivity index (χ0) is 12.8. The van der Waals surface area contributed by atoms with Crippen LogP contribution in [0.25, 0.3) is 0 Å². The summed E-state index contributed by atoms with van der Waals surface area (Å²) in [5.74, 6) is -0.886. The van der Waals surface area contributed by atoms with E-state index in [9.17, 15) is 0 Å². The van der Waals surface area contributed by atoms with Crippen LogP contribution < -0.4 is 0 Å². The minimum absolute atomic E-state index is 0.102. The molecule has 0 radical (unpaired) electrons. The van der Waals surface area contributed by atoms with Crippen LogP contribution in [0.2, 0.25) is 0 Å². The smallest absolute Gasteiger partial charge is 0.185 e. The summed E-state index contributed by atoms with van der Waals surface area (Å²) in [7, 11) is 0. The third-order valence-corrected chi connectivity index (χ3v) is 5.47. The zero-order valence-electron chi connectivity index (χ0n) is 8.38. The van der Waals surface area contributed by atoms with Gasteiger partial charge < -0.3 is 4.74 Å². The lowest BCUT2D eigenvalue weighted by Gasteiger charge is -2.31. The maximum absolute atomic E-state index is 8.81. The van der Waals surface area contributed by atoms with Gasteiger partial charge in [-0.3, -0.25) is 0 Å². The topological polar surface area (TPSA) is 56.8 Å². The molecule has 90 valence electrons. The van der Waals surface area contributed by atoms with Crippen LogP contribution in [0.3, 0.4) is 0 Å². The van der Waals surface area contributed by atoms with Gasteiger partial charge in [0.1, 0.15) is 0 Å². The highest BCUT2D eigenvalue weighted by molar-refractivity contribution is 6.49. The van der Waals surface area contributed by atoms with Crippen molar-refractivity contribution in [3.8, 4) is 12.1 Å². The lowest BCUT2D eigenvalue weighted by molar-refractivity contribution is 0.0458. The largest absolute Gasteiger partial charge is 0.327 e. The van der Waals surface area contributed by atoms with E-state index in [1.807, 2.05) is 12.1 Å². The summed E-state index contributed by atoms with van der Waals surface area (Å²) in [5.41, 5.74) is 0. The Labute approximate surface area is 118 Å². The fourth-order valence-electron chi connectivity index (χ4n) is 2.34. The lowest BCUT2D eigenvalue weighted by atomic mass is 9.78. The summed E-state index contributed by atoms with van der Waals surface area (Å²) in [6, 6.07) is 4.01. The van der Waals surface area contributed by atoms with Gasteiger partial charge in [-0.25, -0.2) is 0 Å². The molecule has 2 heterocycles. The van der Waals surface area contributed by atoms with Crippen molar-refractivity contribution in [3.05, 3.63) is 10.1 Å². The molecule has 2 aliphatic heterocycles. The van der Waals surface area contributed by atoms with Crippen LogP contribution in [0.5, 0.6) is 0 Å². The summed E-state index contributed by atoms with van der Waals surface area (Å²) in [5, 5.41) is 15.1. The number of nitriles is 2. The first-order chi connectivity index (χ1) is 7.91. The molecule has 1 saturated heterocycles. The van der Waals surface area contributed by atoms with E-state index in [0.717, 1.165) is 0 Å². The Morgan fingerprint density at radius 3 is 1.65 bits per heavy atom. The maximum atomic E-state index is 8.81. The van der Waals surface area contributed by atoms with Gasteiger partial charge in [-0.1, -0.05) is 46.4 Å². The number of alkyl halides is 2. The van der Waals surface area contributed by atoms with E-state index >= 15 is 0 Å². The molecule has 4 atom stereocenters. The third kappa shape index (κ3) is 1.58. The monoisotopic (exact) mass is 310 g/mol. The van der Waals surface area contributed by atoms with Crippen LogP contribution in [0, 0.1) is 34.5 Å². The van der Waals surface area contributed by atoms with Crippen molar-refractivity contribution in [2.45, 2.75) is 23.0 Å². The standard InChI is InChI=1S/C10H6Cl4N2O/c11-7-8(12)10(14)6(2-4-16)5(1-3-15)9(7,13)17-10/h5-6H,1-2H2/t5-,6-,9+,10+/m0/s1.